The second kappa shape index (κ2) is 5.47. The molecule has 0 saturated heterocycles. The first-order chi connectivity index (χ1) is 7.02. The van der Waals surface area contributed by atoms with E-state index < -0.39 is 0 Å². The molecule has 1 atom stereocenters. The van der Waals surface area contributed by atoms with Crippen LogP contribution in [0.5, 0.6) is 0 Å². The summed E-state index contributed by atoms with van der Waals surface area (Å²) in [6.07, 6.45) is 3.10. The molecule has 1 aromatic rings. The van der Waals surface area contributed by atoms with Crippen molar-refractivity contribution in [2.45, 2.75) is 18.7 Å². The molecule has 0 aromatic carbocycles. The van der Waals surface area contributed by atoms with E-state index >= 15 is 0 Å². The first-order valence-electron chi connectivity index (χ1n) is 4.57. The summed E-state index contributed by atoms with van der Waals surface area (Å²) in [7, 11) is 0. The lowest BCUT2D eigenvalue weighted by Gasteiger charge is -2.14. The van der Waals surface area contributed by atoms with Gasteiger partial charge >= 0.3 is 0 Å². The van der Waals surface area contributed by atoms with Gasteiger partial charge in [-0.1, -0.05) is 41.4 Å². The summed E-state index contributed by atoms with van der Waals surface area (Å²) < 4.78 is 0. The van der Waals surface area contributed by atoms with Crippen LogP contribution >= 0.6 is 27.5 Å². The average molecular weight is 292 g/mol. The molecule has 0 saturated carbocycles. The van der Waals surface area contributed by atoms with Crippen molar-refractivity contribution in [1.29, 1.82) is 0 Å². The third-order valence-corrected chi connectivity index (χ3v) is 3.66. The highest BCUT2D eigenvalue weighted by molar-refractivity contribution is 9.10. The molecule has 1 unspecified atom stereocenters. The fourth-order valence-corrected chi connectivity index (χ4v) is 1.24. The maximum Gasteiger partial charge on any atom is 0.238 e. The van der Waals surface area contributed by atoms with E-state index in [1.807, 2.05) is 13.8 Å². The molecule has 1 aromatic heterocycles. The molecule has 0 aliphatic carbocycles. The number of aromatic nitrogens is 1. The summed E-state index contributed by atoms with van der Waals surface area (Å²) in [5.41, 5.74) is 0.536. The van der Waals surface area contributed by atoms with Crippen LogP contribution in [0.4, 0.5) is 5.69 Å². The van der Waals surface area contributed by atoms with Crippen molar-refractivity contribution in [3.63, 3.8) is 0 Å². The van der Waals surface area contributed by atoms with Crippen molar-refractivity contribution in [2.75, 3.05) is 5.32 Å². The van der Waals surface area contributed by atoms with E-state index in [4.69, 9.17) is 11.6 Å². The summed E-state index contributed by atoms with van der Waals surface area (Å²) in [6, 6.07) is 1.63. The topological polar surface area (TPSA) is 42.0 Å². The van der Waals surface area contributed by atoms with Crippen molar-refractivity contribution in [1.82, 2.24) is 4.98 Å². The van der Waals surface area contributed by atoms with Gasteiger partial charge in [0.1, 0.15) is 0 Å². The van der Waals surface area contributed by atoms with Gasteiger partial charge in [-0.05, 0) is 12.0 Å². The third-order valence-electron chi connectivity index (χ3n) is 1.86. The Morgan fingerprint density at radius 3 is 2.80 bits per heavy atom. The minimum Gasteiger partial charge on any atom is -0.323 e. The molecule has 0 spiro atoms. The minimum absolute atomic E-state index is 0.111. The van der Waals surface area contributed by atoms with E-state index in [9.17, 15) is 4.79 Å². The van der Waals surface area contributed by atoms with Crippen LogP contribution in [0.15, 0.2) is 18.5 Å². The average Bonchev–Trinajstić information content (AvgIpc) is 2.20. The van der Waals surface area contributed by atoms with Gasteiger partial charge in [-0.25, -0.2) is 0 Å². The zero-order chi connectivity index (χ0) is 11.4. The van der Waals surface area contributed by atoms with Gasteiger partial charge in [0, 0.05) is 6.20 Å². The smallest absolute Gasteiger partial charge is 0.238 e. The number of hydrogen-bond acceptors (Lipinski definition) is 2. The molecule has 82 valence electrons. The largest absolute Gasteiger partial charge is 0.323 e. The molecule has 0 aliphatic heterocycles. The van der Waals surface area contributed by atoms with Gasteiger partial charge in [0.2, 0.25) is 5.91 Å². The Kier molecular flexibility index (Phi) is 4.54. The predicted molar refractivity (Wildman–Crippen MR) is 65.4 cm³/mol. The van der Waals surface area contributed by atoms with Crippen molar-refractivity contribution < 1.29 is 4.79 Å². The van der Waals surface area contributed by atoms with Gasteiger partial charge in [0.15, 0.2) is 0 Å². The second-order valence-electron chi connectivity index (χ2n) is 3.49. The molecule has 0 fully saturated rings. The van der Waals surface area contributed by atoms with Gasteiger partial charge in [-0.2, -0.15) is 0 Å². The maximum atomic E-state index is 11.7. The van der Waals surface area contributed by atoms with Crippen LogP contribution in [0.3, 0.4) is 0 Å². The summed E-state index contributed by atoms with van der Waals surface area (Å²) in [5.74, 6) is 0.111. The normalized spacial score (nSPS) is 12.6. The molecule has 1 amide bonds. The fourth-order valence-electron chi connectivity index (χ4n) is 0.974. The molecule has 1 rings (SSSR count). The number of hydrogen-bond donors (Lipinski definition) is 1. The Morgan fingerprint density at radius 1 is 1.60 bits per heavy atom. The van der Waals surface area contributed by atoms with E-state index in [1.165, 1.54) is 6.20 Å². The number of alkyl halides is 1. The van der Waals surface area contributed by atoms with Crippen LogP contribution < -0.4 is 5.32 Å². The number of carbonyl (C=O) groups is 1. The van der Waals surface area contributed by atoms with E-state index in [-0.39, 0.29) is 16.7 Å². The SMILES string of the molecule is CC(C)C(Br)C(=O)Nc1cnccc1Cl. The lowest BCUT2D eigenvalue weighted by atomic mass is 10.1. The molecule has 1 N–H and O–H groups in total. The number of nitrogens with one attached hydrogen (secondary N) is 1. The monoisotopic (exact) mass is 290 g/mol. The maximum absolute atomic E-state index is 11.7. The van der Waals surface area contributed by atoms with E-state index in [0.29, 0.717) is 10.7 Å². The van der Waals surface area contributed by atoms with Gasteiger partial charge in [-0.3, -0.25) is 9.78 Å². The standard InChI is InChI=1S/C10H12BrClN2O/c1-6(2)9(11)10(15)14-8-5-13-4-3-7(8)12/h3-6,9H,1-2H3,(H,14,15). The van der Waals surface area contributed by atoms with E-state index in [2.05, 4.69) is 26.2 Å². The van der Waals surface area contributed by atoms with Crippen molar-refractivity contribution in [3.8, 4) is 0 Å². The van der Waals surface area contributed by atoms with Crippen molar-refractivity contribution >= 4 is 39.1 Å². The van der Waals surface area contributed by atoms with Crippen LogP contribution in [-0.4, -0.2) is 15.7 Å². The fraction of sp³-hybridized carbons (Fsp3) is 0.400. The van der Waals surface area contributed by atoms with Crippen LogP contribution in [0.1, 0.15) is 13.8 Å². The molecule has 15 heavy (non-hydrogen) atoms. The molecule has 1 heterocycles. The van der Waals surface area contributed by atoms with Crippen LogP contribution in [0.2, 0.25) is 5.02 Å². The first kappa shape index (κ1) is 12.5. The number of anilines is 1. The highest BCUT2D eigenvalue weighted by Crippen LogP contribution is 2.21. The van der Waals surface area contributed by atoms with Gasteiger partial charge in [-0.15, -0.1) is 0 Å². The molecule has 0 bridgehead atoms. The van der Waals surface area contributed by atoms with E-state index in [1.54, 1.807) is 12.3 Å². The van der Waals surface area contributed by atoms with Gasteiger partial charge in [0.05, 0.1) is 21.7 Å². The van der Waals surface area contributed by atoms with E-state index in [0.717, 1.165) is 0 Å². The summed E-state index contributed by atoms with van der Waals surface area (Å²) >= 11 is 9.20. The lowest BCUT2D eigenvalue weighted by Crippen LogP contribution is -2.27. The predicted octanol–water partition coefficient (Wildman–Crippen LogP) is 3.09. The van der Waals surface area contributed by atoms with Crippen molar-refractivity contribution in [3.05, 3.63) is 23.5 Å². The number of carbonyl (C=O) groups excluding carboxylic acids is 1. The first-order valence-corrected chi connectivity index (χ1v) is 5.86. The molecule has 3 nitrogen and oxygen atoms in total. The summed E-state index contributed by atoms with van der Waals surface area (Å²) in [5, 5.41) is 3.20. The third kappa shape index (κ3) is 3.47. The minimum atomic E-state index is -0.228. The highest BCUT2D eigenvalue weighted by Gasteiger charge is 2.19. The Hall–Kier alpha value is -0.610. The lowest BCUT2D eigenvalue weighted by molar-refractivity contribution is -0.116. The second-order valence-corrected chi connectivity index (χ2v) is 4.88. The van der Waals surface area contributed by atoms with Gasteiger partial charge < -0.3 is 5.32 Å². The van der Waals surface area contributed by atoms with Crippen molar-refractivity contribution in [2.24, 2.45) is 5.92 Å². The number of halogens is 2. The Morgan fingerprint density at radius 2 is 2.27 bits per heavy atom. The number of rotatable bonds is 3. The van der Waals surface area contributed by atoms with Crippen LogP contribution in [0, 0.1) is 5.92 Å². The molecule has 5 heteroatoms. The molecular weight excluding hydrogens is 279 g/mol. The zero-order valence-corrected chi connectivity index (χ0v) is 10.8. The zero-order valence-electron chi connectivity index (χ0n) is 8.50. The Labute approximate surface area is 102 Å². The van der Waals surface area contributed by atoms with Crippen LogP contribution in [0.25, 0.3) is 0 Å². The number of nitrogens with zero attached hydrogens (tertiary/aromatic N) is 1. The molecule has 0 radical (unpaired) electrons. The number of pyridine rings is 1. The summed E-state index contributed by atoms with van der Waals surface area (Å²) in [4.78, 5) is 15.3. The van der Waals surface area contributed by atoms with Crippen LogP contribution in [-0.2, 0) is 4.79 Å². The highest BCUT2D eigenvalue weighted by atomic mass is 79.9. The quantitative estimate of drug-likeness (QED) is 0.870. The summed E-state index contributed by atoms with van der Waals surface area (Å²) in [6.45, 7) is 3.92. The molecule has 0 aliphatic rings. The molecular formula is C10H12BrClN2O. The Bertz CT molecular complexity index is 357. The Balaban J connectivity index is 2.71. The van der Waals surface area contributed by atoms with Gasteiger partial charge in [0.25, 0.3) is 0 Å². The number of amides is 1.